The zero-order chi connectivity index (χ0) is 14.4. The number of nitriles is 1. The number of nitrogens with zero attached hydrogens (tertiary/aromatic N) is 3. The molecule has 0 aliphatic rings. The molecular weight excluding hydrogens is 260 g/mol. The van der Waals surface area contributed by atoms with Crippen molar-refractivity contribution in [1.82, 2.24) is 20.5 Å². The van der Waals surface area contributed by atoms with Crippen LogP contribution in [0.3, 0.4) is 0 Å². The number of hydrogen-bond donors (Lipinski definition) is 3. The molecule has 20 heavy (non-hydrogen) atoms. The smallest absolute Gasteiger partial charge is 0.314 e. The predicted molar refractivity (Wildman–Crippen MR) is 68.0 cm³/mol. The average Bonchev–Trinajstić information content (AvgIpc) is 2.93. The van der Waals surface area contributed by atoms with Gasteiger partial charge in [-0.25, -0.2) is 0 Å². The normalized spacial score (nSPS) is 9.55. The van der Waals surface area contributed by atoms with Gasteiger partial charge in [0.25, 0.3) is 0 Å². The molecule has 100 valence electrons. The standard InChI is InChI=1S/C12H10N6O2/c13-5-8-6-16-18-10(8)17-12(20)11(19)15-7-9-3-1-2-4-14-9/h1-4,6H,7H2,(H,15,19)(H2,16,17,18,20). The fourth-order valence-electron chi connectivity index (χ4n) is 1.39. The number of rotatable bonds is 3. The number of nitrogens with one attached hydrogen (secondary N) is 3. The van der Waals surface area contributed by atoms with Gasteiger partial charge in [0, 0.05) is 6.20 Å². The Morgan fingerprint density at radius 1 is 1.35 bits per heavy atom. The van der Waals surface area contributed by atoms with Crippen LogP contribution in [0, 0.1) is 11.3 Å². The van der Waals surface area contributed by atoms with E-state index >= 15 is 0 Å². The van der Waals surface area contributed by atoms with E-state index in [4.69, 9.17) is 5.26 Å². The van der Waals surface area contributed by atoms with Crippen LogP contribution in [-0.2, 0) is 16.1 Å². The maximum Gasteiger partial charge on any atom is 0.314 e. The summed E-state index contributed by atoms with van der Waals surface area (Å²) in [5, 5.41) is 19.4. The minimum absolute atomic E-state index is 0.0884. The molecule has 2 amide bonds. The number of pyridine rings is 1. The largest absolute Gasteiger partial charge is 0.342 e. The van der Waals surface area contributed by atoms with E-state index in [1.807, 2.05) is 6.07 Å². The van der Waals surface area contributed by atoms with Gasteiger partial charge in [-0.15, -0.1) is 0 Å². The van der Waals surface area contributed by atoms with Crippen LogP contribution in [0.1, 0.15) is 11.3 Å². The van der Waals surface area contributed by atoms with Gasteiger partial charge in [-0.2, -0.15) is 10.4 Å². The summed E-state index contributed by atoms with van der Waals surface area (Å²) in [5.74, 6) is -1.62. The second-order valence-corrected chi connectivity index (χ2v) is 3.73. The summed E-state index contributed by atoms with van der Waals surface area (Å²) in [6.45, 7) is 0.140. The van der Waals surface area contributed by atoms with Gasteiger partial charge in [-0.1, -0.05) is 6.07 Å². The third-order valence-electron chi connectivity index (χ3n) is 2.36. The van der Waals surface area contributed by atoms with Crippen LogP contribution in [0.4, 0.5) is 5.82 Å². The van der Waals surface area contributed by atoms with Crippen LogP contribution in [0.5, 0.6) is 0 Å². The SMILES string of the molecule is N#Cc1cn[nH]c1NC(=O)C(=O)NCc1ccccn1. The molecule has 2 aromatic rings. The molecule has 8 heteroatoms. The summed E-state index contributed by atoms with van der Waals surface area (Å²) >= 11 is 0. The number of aromatic nitrogens is 3. The van der Waals surface area contributed by atoms with Crippen molar-refractivity contribution >= 4 is 17.6 Å². The van der Waals surface area contributed by atoms with Gasteiger partial charge in [0.1, 0.15) is 17.5 Å². The lowest BCUT2D eigenvalue weighted by Gasteiger charge is -2.04. The fraction of sp³-hybridized carbons (Fsp3) is 0.0833. The quantitative estimate of drug-likeness (QED) is 0.673. The first-order chi connectivity index (χ1) is 9.70. The van der Waals surface area contributed by atoms with Crippen LogP contribution in [0.15, 0.2) is 30.6 Å². The Labute approximate surface area is 113 Å². The predicted octanol–water partition coefficient (Wildman–Crippen LogP) is -0.0687. The van der Waals surface area contributed by atoms with Crippen molar-refractivity contribution in [2.24, 2.45) is 0 Å². The molecule has 8 nitrogen and oxygen atoms in total. The van der Waals surface area contributed by atoms with Crippen molar-refractivity contribution in [3.8, 4) is 6.07 Å². The average molecular weight is 270 g/mol. The summed E-state index contributed by atoms with van der Waals surface area (Å²) in [6.07, 6.45) is 2.84. The van der Waals surface area contributed by atoms with Crippen LogP contribution >= 0.6 is 0 Å². The third-order valence-corrected chi connectivity index (χ3v) is 2.36. The highest BCUT2D eigenvalue weighted by molar-refractivity contribution is 6.39. The van der Waals surface area contributed by atoms with Crippen molar-refractivity contribution in [2.45, 2.75) is 6.54 Å². The molecule has 2 aromatic heterocycles. The first-order valence-electron chi connectivity index (χ1n) is 5.63. The summed E-state index contributed by atoms with van der Waals surface area (Å²) in [4.78, 5) is 27.2. The van der Waals surface area contributed by atoms with Gasteiger partial charge in [0.2, 0.25) is 0 Å². The van der Waals surface area contributed by atoms with E-state index < -0.39 is 11.8 Å². The Balaban J connectivity index is 1.90. The van der Waals surface area contributed by atoms with Gasteiger partial charge < -0.3 is 10.6 Å². The Bertz CT molecular complexity index is 658. The lowest BCUT2D eigenvalue weighted by atomic mass is 10.3. The topological polar surface area (TPSA) is 124 Å². The Morgan fingerprint density at radius 2 is 2.20 bits per heavy atom. The van der Waals surface area contributed by atoms with E-state index in [0.29, 0.717) is 5.69 Å². The number of amides is 2. The van der Waals surface area contributed by atoms with E-state index in [-0.39, 0.29) is 17.9 Å². The molecule has 2 rings (SSSR count). The molecule has 0 unspecified atom stereocenters. The number of H-pyrrole nitrogens is 1. The number of anilines is 1. The zero-order valence-electron chi connectivity index (χ0n) is 10.3. The Morgan fingerprint density at radius 3 is 2.90 bits per heavy atom. The second kappa shape index (κ2) is 6.10. The summed E-state index contributed by atoms with van der Waals surface area (Å²) < 4.78 is 0. The summed E-state index contributed by atoms with van der Waals surface area (Å²) in [6, 6.07) is 7.08. The van der Waals surface area contributed by atoms with Crippen LogP contribution in [-0.4, -0.2) is 27.0 Å². The lowest BCUT2D eigenvalue weighted by molar-refractivity contribution is -0.136. The van der Waals surface area contributed by atoms with Gasteiger partial charge >= 0.3 is 11.8 Å². The molecule has 0 radical (unpaired) electrons. The van der Waals surface area contributed by atoms with E-state index in [1.165, 1.54) is 6.20 Å². The van der Waals surface area contributed by atoms with Crippen molar-refractivity contribution < 1.29 is 9.59 Å². The fourth-order valence-corrected chi connectivity index (χ4v) is 1.39. The molecule has 2 heterocycles. The lowest BCUT2D eigenvalue weighted by Crippen LogP contribution is -2.35. The molecule has 0 saturated carbocycles. The molecule has 0 fully saturated rings. The molecule has 3 N–H and O–H groups in total. The zero-order valence-corrected chi connectivity index (χ0v) is 10.3. The van der Waals surface area contributed by atoms with Gasteiger partial charge in [-0.3, -0.25) is 19.7 Å². The molecule has 0 saturated heterocycles. The van der Waals surface area contributed by atoms with E-state index in [1.54, 1.807) is 24.4 Å². The number of hydrogen-bond acceptors (Lipinski definition) is 5. The van der Waals surface area contributed by atoms with Crippen LogP contribution in [0.25, 0.3) is 0 Å². The summed E-state index contributed by atoms with van der Waals surface area (Å²) in [7, 11) is 0. The molecule has 0 spiro atoms. The first kappa shape index (κ1) is 13.2. The number of carbonyl (C=O) groups is 2. The van der Waals surface area contributed by atoms with Crippen molar-refractivity contribution in [2.75, 3.05) is 5.32 Å². The molecular formula is C12H10N6O2. The van der Waals surface area contributed by atoms with Crippen molar-refractivity contribution in [3.05, 3.63) is 41.9 Å². The van der Waals surface area contributed by atoms with Gasteiger partial charge in [0.05, 0.1) is 18.4 Å². The van der Waals surface area contributed by atoms with E-state index in [2.05, 4.69) is 25.8 Å². The first-order valence-corrected chi connectivity index (χ1v) is 5.63. The maximum absolute atomic E-state index is 11.6. The monoisotopic (exact) mass is 270 g/mol. The molecule has 0 aliphatic heterocycles. The van der Waals surface area contributed by atoms with Crippen molar-refractivity contribution in [3.63, 3.8) is 0 Å². The molecule has 0 aromatic carbocycles. The van der Waals surface area contributed by atoms with E-state index in [0.717, 1.165) is 0 Å². The Hall–Kier alpha value is -3.21. The minimum atomic E-state index is -0.887. The van der Waals surface area contributed by atoms with Gasteiger partial charge in [-0.05, 0) is 12.1 Å². The molecule has 0 atom stereocenters. The highest BCUT2D eigenvalue weighted by Crippen LogP contribution is 2.08. The number of aromatic amines is 1. The molecule has 0 aliphatic carbocycles. The molecule has 0 bridgehead atoms. The minimum Gasteiger partial charge on any atom is -0.342 e. The van der Waals surface area contributed by atoms with Crippen LogP contribution < -0.4 is 10.6 Å². The summed E-state index contributed by atoms with van der Waals surface area (Å²) in [5.41, 5.74) is 0.781. The Kier molecular flexibility index (Phi) is 4.04. The highest BCUT2D eigenvalue weighted by Gasteiger charge is 2.16. The second-order valence-electron chi connectivity index (χ2n) is 3.73. The van der Waals surface area contributed by atoms with Crippen LogP contribution in [0.2, 0.25) is 0 Å². The van der Waals surface area contributed by atoms with Gasteiger partial charge in [0.15, 0.2) is 0 Å². The maximum atomic E-state index is 11.6. The highest BCUT2D eigenvalue weighted by atomic mass is 16.2. The van der Waals surface area contributed by atoms with E-state index in [9.17, 15) is 9.59 Å². The third kappa shape index (κ3) is 3.17. The van der Waals surface area contributed by atoms with Crippen molar-refractivity contribution in [1.29, 1.82) is 5.26 Å². The number of carbonyl (C=O) groups excluding carboxylic acids is 2.